The number of nitrogen functional groups attached to an aromatic ring is 1. The van der Waals surface area contributed by atoms with Gasteiger partial charge in [0.2, 0.25) is 0 Å². The SMILES string of the molecule is CC1(O)CCN(Cc2ccc(Cl)c(N)c2)CC1. The van der Waals surface area contributed by atoms with Gasteiger partial charge in [0.15, 0.2) is 0 Å². The second-order valence-electron chi connectivity index (χ2n) is 5.13. The average Bonchev–Trinajstić information content (AvgIpc) is 2.27. The van der Waals surface area contributed by atoms with Crippen LogP contribution in [0.15, 0.2) is 18.2 Å². The fourth-order valence-corrected chi connectivity index (χ4v) is 2.26. The molecule has 0 unspecified atom stereocenters. The molecule has 0 spiro atoms. The zero-order valence-electron chi connectivity index (χ0n) is 10.1. The molecule has 3 N–H and O–H groups in total. The zero-order chi connectivity index (χ0) is 12.5. The van der Waals surface area contributed by atoms with E-state index in [1.807, 2.05) is 25.1 Å². The highest BCUT2D eigenvalue weighted by molar-refractivity contribution is 6.33. The Labute approximate surface area is 107 Å². The molecule has 1 aliphatic rings. The van der Waals surface area contributed by atoms with Crippen molar-refractivity contribution in [3.8, 4) is 0 Å². The van der Waals surface area contributed by atoms with Crippen LogP contribution < -0.4 is 5.73 Å². The number of halogens is 1. The summed E-state index contributed by atoms with van der Waals surface area (Å²) in [5.74, 6) is 0. The van der Waals surface area contributed by atoms with E-state index in [1.165, 1.54) is 5.56 Å². The lowest BCUT2D eigenvalue weighted by molar-refractivity contribution is -0.00729. The molecule has 1 aromatic rings. The predicted molar refractivity (Wildman–Crippen MR) is 71.0 cm³/mol. The van der Waals surface area contributed by atoms with E-state index in [4.69, 9.17) is 17.3 Å². The van der Waals surface area contributed by atoms with Crippen molar-refractivity contribution in [2.45, 2.75) is 31.9 Å². The molecule has 0 aromatic heterocycles. The smallest absolute Gasteiger partial charge is 0.0644 e. The zero-order valence-corrected chi connectivity index (χ0v) is 10.9. The van der Waals surface area contributed by atoms with Crippen molar-refractivity contribution < 1.29 is 5.11 Å². The van der Waals surface area contributed by atoms with Gasteiger partial charge in [-0.15, -0.1) is 0 Å². The first kappa shape index (κ1) is 12.7. The maximum atomic E-state index is 9.87. The lowest BCUT2D eigenvalue weighted by Gasteiger charge is -2.35. The number of anilines is 1. The van der Waals surface area contributed by atoms with Gasteiger partial charge in [0.05, 0.1) is 16.3 Å². The van der Waals surface area contributed by atoms with E-state index in [2.05, 4.69) is 4.90 Å². The Hall–Kier alpha value is -0.770. The molecule has 0 aliphatic carbocycles. The molecule has 0 radical (unpaired) electrons. The van der Waals surface area contributed by atoms with Gasteiger partial charge in [0.25, 0.3) is 0 Å². The molecule has 2 rings (SSSR count). The Morgan fingerprint density at radius 2 is 2.06 bits per heavy atom. The first-order chi connectivity index (χ1) is 7.96. The highest BCUT2D eigenvalue weighted by Gasteiger charge is 2.27. The number of rotatable bonds is 2. The summed E-state index contributed by atoms with van der Waals surface area (Å²) in [7, 11) is 0. The van der Waals surface area contributed by atoms with Crippen molar-refractivity contribution in [3.63, 3.8) is 0 Å². The third-order valence-corrected chi connectivity index (χ3v) is 3.74. The van der Waals surface area contributed by atoms with Crippen molar-refractivity contribution in [3.05, 3.63) is 28.8 Å². The molecular weight excluding hydrogens is 236 g/mol. The van der Waals surface area contributed by atoms with Gasteiger partial charge in [-0.2, -0.15) is 0 Å². The number of likely N-dealkylation sites (tertiary alicyclic amines) is 1. The Balaban J connectivity index is 1.95. The molecule has 0 bridgehead atoms. The monoisotopic (exact) mass is 254 g/mol. The number of nitrogens with zero attached hydrogens (tertiary/aromatic N) is 1. The Morgan fingerprint density at radius 3 is 2.65 bits per heavy atom. The number of nitrogens with two attached hydrogens (primary N) is 1. The highest BCUT2D eigenvalue weighted by atomic mass is 35.5. The quantitative estimate of drug-likeness (QED) is 0.796. The van der Waals surface area contributed by atoms with Gasteiger partial charge in [0.1, 0.15) is 0 Å². The summed E-state index contributed by atoms with van der Waals surface area (Å²) in [6, 6.07) is 5.77. The molecule has 3 nitrogen and oxygen atoms in total. The van der Waals surface area contributed by atoms with Crippen LogP contribution in [0, 0.1) is 0 Å². The van der Waals surface area contributed by atoms with Gasteiger partial charge in [-0.3, -0.25) is 4.90 Å². The summed E-state index contributed by atoms with van der Waals surface area (Å²) in [6.07, 6.45) is 1.66. The van der Waals surface area contributed by atoms with Gasteiger partial charge < -0.3 is 10.8 Å². The van der Waals surface area contributed by atoms with Crippen molar-refractivity contribution >= 4 is 17.3 Å². The molecule has 0 amide bonds. The third-order valence-electron chi connectivity index (χ3n) is 3.40. The van der Waals surface area contributed by atoms with Crippen molar-refractivity contribution in [1.82, 2.24) is 4.90 Å². The summed E-state index contributed by atoms with van der Waals surface area (Å²) in [5, 5.41) is 10.5. The minimum absolute atomic E-state index is 0.491. The van der Waals surface area contributed by atoms with E-state index in [0.717, 1.165) is 32.5 Å². The molecule has 1 aromatic carbocycles. The summed E-state index contributed by atoms with van der Waals surface area (Å²) in [4.78, 5) is 2.33. The number of hydrogen-bond acceptors (Lipinski definition) is 3. The first-order valence-corrected chi connectivity index (χ1v) is 6.33. The van der Waals surface area contributed by atoms with Gasteiger partial charge in [0, 0.05) is 19.6 Å². The van der Waals surface area contributed by atoms with Gasteiger partial charge in [-0.25, -0.2) is 0 Å². The minimum Gasteiger partial charge on any atom is -0.398 e. The maximum absolute atomic E-state index is 9.87. The van der Waals surface area contributed by atoms with Crippen LogP contribution in [0.5, 0.6) is 0 Å². The number of piperidine rings is 1. The van der Waals surface area contributed by atoms with E-state index >= 15 is 0 Å². The molecule has 1 saturated heterocycles. The van der Waals surface area contributed by atoms with E-state index in [1.54, 1.807) is 0 Å². The first-order valence-electron chi connectivity index (χ1n) is 5.95. The van der Waals surface area contributed by atoms with Gasteiger partial charge >= 0.3 is 0 Å². The second kappa shape index (κ2) is 4.84. The minimum atomic E-state index is -0.491. The van der Waals surface area contributed by atoms with Gasteiger partial charge in [-0.05, 0) is 37.5 Å². The maximum Gasteiger partial charge on any atom is 0.0644 e. The second-order valence-corrected chi connectivity index (χ2v) is 5.54. The average molecular weight is 255 g/mol. The number of benzene rings is 1. The van der Waals surface area contributed by atoms with E-state index in [9.17, 15) is 5.11 Å². The van der Waals surface area contributed by atoms with Crippen LogP contribution >= 0.6 is 11.6 Å². The molecule has 1 aliphatic heterocycles. The topological polar surface area (TPSA) is 49.5 Å². The Morgan fingerprint density at radius 1 is 1.41 bits per heavy atom. The van der Waals surface area contributed by atoms with Crippen LogP contribution in [0.25, 0.3) is 0 Å². The normalized spacial score (nSPS) is 20.4. The highest BCUT2D eigenvalue weighted by Crippen LogP contribution is 2.24. The fourth-order valence-electron chi connectivity index (χ4n) is 2.14. The summed E-state index contributed by atoms with van der Waals surface area (Å²) < 4.78 is 0. The Bertz CT molecular complexity index is 396. The molecule has 4 heteroatoms. The van der Waals surface area contributed by atoms with E-state index < -0.39 is 5.60 Å². The Kier molecular flexibility index (Phi) is 3.61. The molecule has 17 heavy (non-hydrogen) atoms. The van der Waals surface area contributed by atoms with Crippen molar-refractivity contribution in [2.75, 3.05) is 18.8 Å². The van der Waals surface area contributed by atoms with Crippen molar-refractivity contribution in [1.29, 1.82) is 0 Å². The predicted octanol–water partition coefficient (Wildman–Crippen LogP) is 2.27. The van der Waals surface area contributed by atoms with E-state index in [0.29, 0.717) is 10.7 Å². The molecule has 0 saturated carbocycles. The number of hydrogen-bond donors (Lipinski definition) is 2. The lowest BCUT2D eigenvalue weighted by Crippen LogP contribution is -2.41. The lowest BCUT2D eigenvalue weighted by atomic mass is 9.93. The molecular formula is C13H19ClN2O. The van der Waals surface area contributed by atoms with Crippen LogP contribution in [0.4, 0.5) is 5.69 Å². The molecule has 1 heterocycles. The summed E-state index contributed by atoms with van der Waals surface area (Å²) >= 11 is 5.89. The van der Waals surface area contributed by atoms with Crippen LogP contribution in [0.3, 0.4) is 0 Å². The van der Waals surface area contributed by atoms with Crippen LogP contribution in [0.1, 0.15) is 25.3 Å². The third kappa shape index (κ3) is 3.35. The van der Waals surface area contributed by atoms with Crippen LogP contribution in [-0.2, 0) is 6.54 Å². The largest absolute Gasteiger partial charge is 0.398 e. The standard InChI is InChI=1S/C13H19ClN2O/c1-13(17)4-6-16(7-5-13)9-10-2-3-11(14)12(15)8-10/h2-3,8,17H,4-7,9,15H2,1H3. The number of aliphatic hydroxyl groups is 1. The van der Waals surface area contributed by atoms with E-state index in [-0.39, 0.29) is 0 Å². The van der Waals surface area contributed by atoms with Crippen LogP contribution in [0.2, 0.25) is 5.02 Å². The summed E-state index contributed by atoms with van der Waals surface area (Å²) in [5.41, 5.74) is 7.09. The van der Waals surface area contributed by atoms with Gasteiger partial charge in [-0.1, -0.05) is 17.7 Å². The van der Waals surface area contributed by atoms with Crippen LogP contribution in [-0.4, -0.2) is 28.7 Å². The molecule has 1 fully saturated rings. The molecule has 94 valence electrons. The fraction of sp³-hybridized carbons (Fsp3) is 0.538. The molecule has 0 atom stereocenters. The van der Waals surface area contributed by atoms with Crippen molar-refractivity contribution in [2.24, 2.45) is 0 Å². The summed E-state index contributed by atoms with van der Waals surface area (Å²) in [6.45, 7) is 4.63.